The van der Waals surface area contributed by atoms with Gasteiger partial charge in [-0.3, -0.25) is 9.69 Å². The molecule has 0 spiro atoms. The monoisotopic (exact) mass is 227 g/mol. The lowest BCUT2D eigenvalue weighted by atomic mass is 9.90. The second-order valence-corrected chi connectivity index (χ2v) is 5.00. The van der Waals surface area contributed by atoms with E-state index in [4.69, 9.17) is 5.73 Å². The summed E-state index contributed by atoms with van der Waals surface area (Å²) in [5, 5.41) is 0. The van der Waals surface area contributed by atoms with Crippen molar-refractivity contribution in [2.24, 2.45) is 11.7 Å². The van der Waals surface area contributed by atoms with E-state index in [9.17, 15) is 4.79 Å². The standard InChI is InChI=1S/C12H25N3O/c1-10-5-4-7-15(11(10)9-13)8-6-12(16)14(2)3/h10-11H,4-9,13H2,1-3H3. The summed E-state index contributed by atoms with van der Waals surface area (Å²) in [6.07, 6.45) is 3.10. The molecule has 0 saturated carbocycles. The number of nitrogens with two attached hydrogens (primary N) is 1. The van der Waals surface area contributed by atoms with E-state index >= 15 is 0 Å². The summed E-state index contributed by atoms with van der Waals surface area (Å²) in [6, 6.07) is 0.462. The minimum Gasteiger partial charge on any atom is -0.349 e. The van der Waals surface area contributed by atoms with Gasteiger partial charge in [-0.05, 0) is 25.3 Å². The maximum atomic E-state index is 11.5. The number of amides is 1. The third-order valence-electron chi connectivity index (χ3n) is 3.58. The Bertz CT molecular complexity index is 230. The number of nitrogens with zero attached hydrogens (tertiary/aromatic N) is 2. The Morgan fingerprint density at radius 3 is 2.75 bits per heavy atom. The highest BCUT2D eigenvalue weighted by molar-refractivity contribution is 5.75. The van der Waals surface area contributed by atoms with Gasteiger partial charge < -0.3 is 10.6 Å². The summed E-state index contributed by atoms with van der Waals surface area (Å²) in [5.74, 6) is 0.863. The smallest absolute Gasteiger partial charge is 0.223 e. The molecule has 0 radical (unpaired) electrons. The highest BCUT2D eigenvalue weighted by atomic mass is 16.2. The molecule has 2 N–H and O–H groups in total. The molecule has 0 aromatic carbocycles. The van der Waals surface area contributed by atoms with Crippen LogP contribution in [0, 0.1) is 5.92 Å². The van der Waals surface area contributed by atoms with Crippen molar-refractivity contribution >= 4 is 5.91 Å². The van der Waals surface area contributed by atoms with Gasteiger partial charge >= 0.3 is 0 Å². The van der Waals surface area contributed by atoms with Crippen LogP contribution in [0.4, 0.5) is 0 Å². The first kappa shape index (κ1) is 13.5. The number of rotatable bonds is 4. The molecular formula is C12H25N3O. The van der Waals surface area contributed by atoms with Gasteiger partial charge in [0.2, 0.25) is 5.91 Å². The van der Waals surface area contributed by atoms with Crippen LogP contribution in [-0.2, 0) is 4.79 Å². The Balaban J connectivity index is 2.42. The van der Waals surface area contributed by atoms with E-state index in [1.54, 1.807) is 4.90 Å². The van der Waals surface area contributed by atoms with Crippen molar-refractivity contribution in [3.8, 4) is 0 Å². The van der Waals surface area contributed by atoms with Gasteiger partial charge in [-0.2, -0.15) is 0 Å². The molecular weight excluding hydrogens is 202 g/mol. The van der Waals surface area contributed by atoms with Crippen molar-refractivity contribution in [3.05, 3.63) is 0 Å². The van der Waals surface area contributed by atoms with E-state index in [1.807, 2.05) is 14.1 Å². The molecule has 0 aliphatic carbocycles. The predicted octanol–water partition coefficient (Wildman–Crippen LogP) is 0.524. The Morgan fingerprint density at radius 2 is 2.19 bits per heavy atom. The fourth-order valence-corrected chi connectivity index (χ4v) is 2.46. The lowest BCUT2D eigenvalue weighted by Gasteiger charge is -2.39. The normalized spacial score (nSPS) is 26.8. The van der Waals surface area contributed by atoms with Gasteiger partial charge in [-0.25, -0.2) is 0 Å². The second kappa shape index (κ2) is 6.21. The SMILES string of the molecule is CC1CCCN(CCC(=O)N(C)C)C1CN. The van der Waals surface area contributed by atoms with Gasteiger partial charge in [0.05, 0.1) is 0 Å². The van der Waals surface area contributed by atoms with Gasteiger partial charge in [-0.1, -0.05) is 6.92 Å². The first-order chi connectivity index (χ1) is 7.56. The molecule has 94 valence electrons. The van der Waals surface area contributed by atoms with Gasteiger partial charge in [0.25, 0.3) is 0 Å². The van der Waals surface area contributed by atoms with Crippen molar-refractivity contribution in [3.63, 3.8) is 0 Å². The highest BCUT2D eigenvalue weighted by Crippen LogP contribution is 2.22. The number of likely N-dealkylation sites (tertiary alicyclic amines) is 1. The van der Waals surface area contributed by atoms with Crippen molar-refractivity contribution in [1.29, 1.82) is 0 Å². The largest absolute Gasteiger partial charge is 0.349 e. The Labute approximate surface area is 98.8 Å². The second-order valence-electron chi connectivity index (χ2n) is 5.00. The van der Waals surface area contributed by atoms with Crippen LogP contribution in [0.15, 0.2) is 0 Å². The summed E-state index contributed by atoms with van der Waals surface area (Å²) < 4.78 is 0. The molecule has 1 saturated heterocycles. The fourth-order valence-electron chi connectivity index (χ4n) is 2.46. The average Bonchev–Trinajstić information content (AvgIpc) is 2.25. The molecule has 1 amide bonds. The topological polar surface area (TPSA) is 49.6 Å². The molecule has 2 atom stereocenters. The van der Waals surface area contributed by atoms with Crippen LogP contribution in [0.25, 0.3) is 0 Å². The highest BCUT2D eigenvalue weighted by Gasteiger charge is 2.27. The van der Waals surface area contributed by atoms with Gasteiger partial charge in [-0.15, -0.1) is 0 Å². The third-order valence-corrected chi connectivity index (χ3v) is 3.58. The molecule has 4 heteroatoms. The van der Waals surface area contributed by atoms with Gasteiger partial charge in [0.15, 0.2) is 0 Å². The molecule has 4 nitrogen and oxygen atoms in total. The van der Waals surface area contributed by atoms with Crippen LogP contribution in [-0.4, -0.2) is 55.5 Å². The van der Waals surface area contributed by atoms with E-state index in [-0.39, 0.29) is 5.91 Å². The third kappa shape index (κ3) is 3.46. The van der Waals surface area contributed by atoms with Gasteiger partial charge in [0.1, 0.15) is 0 Å². The summed E-state index contributed by atoms with van der Waals surface area (Å²) in [4.78, 5) is 15.6. The minimum atomic E-state index is 0.203. The Kier molecular flexibility index (Phi) is 5.22. The quantitative estimate of drug-likeness (QED) is 0.762. The van der Waals surface area contributed by atoms with Crippen LogP contribution in [0.1, 0.15) is 26.2 Å². The van der Waals surface area contributed by atoms with E-state index in [2.05, 4.69) is 11.8 Å². The van der Waals surface area contributed by atoms with Crippen LogP contribution < -0.4 is 5.73 Å². The fraction of sp³-hybridized carbons (Fsp3) is 0.917. The van der Waals surface area contributed by atoms with Crippen LogP contribution in [0.5, 0.6) is 0 Å². The number of hydrogen-bond acceptors (Lipinski definition) is 3. The zero-order valence-corrected chi connectivity index (χ0v) is 10.8. The summed E-state index contributed by atoms with van der Waals surface area (Å²) >= 11 is 0. The van der Waals surface area contributed by atoms with Crippen molar-refractivity contribution in [1.82, 2.24) is 9.80 Å². The number of carbonyl (C=O) groups is 1. The Morgan fingerprint density at radius 1 is 1.50 bits per heavy atom. The first-order valence-electron chi connectivity index (χ1n) is 6.20. The van der Waals surface area contributed by atoms with Crippen LogP contribution in [0.2, 0.25) is 0 Å². The number of piperidine rings is 1. The zero-order chi connectivity index (χ0) is 12.1. The van der Waals surface area contributed by atoms with Gasteiger partial charge in [0, 0.05) is 39.6 Å². The van der Waals surface area contributed by atoms with Crippen LogP contribution in [0.3, 0.4) is 0 Å². The van der Waals surface area contributed by atoms with Crippen molar-refractivity contribution in [2.75, 3.05) is 33.7 Å². The average molecular weight is 227 g/mol. The molecule has 16 heavy (non-hydrogen) atoms. The molecule has 1 fully saturated rings. The van der Waals surface area contributed by atoms with Crippen molar-refractivity contribution < 1.29 is 4.79 Å². The molecule has 1 aliphatic rings. The van der Waals surface area contributed by atoms with E-state index < -0.39 is 0 Å². The van der Waals surface area contributed by atoms with E-state index in [1.165, 1.54) is 12.8 Å². The molecule has 0 bridgehead atoms. The zero-order valence-electron chi connectivity index (χ0n) is 10.8. The summed E-state index contributed by atoms with van der Waals surface area (Å²) in [7, 11) is 3.61. The van der Waals surface area contributed by atoms with E-state index in [0.717, 1.165) is 13.1 Å². The Hall–Kier alpha value is -0.610. The number of carbonyl (C=O) groups excluding carboxylic acids is 1. The molecule has 1 rings (SSSR count). The maximum Gasteiger partial charge on any atom is 0.223 e. The maximum absolute atomic E-state index is 11.5. The summed E-state index contributed by atoms with van der Waals surface area (Å²) in [6.45, 7) is 4.91. The molecule has 0 aromatic rings. The van der Waals surface area contributed by atoms with E-state index in [0.29, 0.717) is 24.9 Å². The predicted molar refractivity (Wildman–Crippen MR) is 66.1 cm³/mol. The first-order valence-corrected chi connectivity index (χ1v) is 6.20. The lowest BCUT2D eigenvalue weighted by molar-refractivity contribution is -0.129. The van der Waals surface area contributed by atoms with Crippen LogP contribution >= 0.6 is 0 Å². The minimum absolute atomic E-state index is 0.203. The van der Waals surface area contributed by atoms with Crippen molar-refractivity contribution in [2.45, 2.75) is 32.2 Å². The molecule has 1 heterocycles. The number of hydrogen-bond donors (Lipinski definition) is 1. The molecule has 2 unspecified atom stereocenters. The molecule has 0 aromatic heterocycles. The molecule has 1 aliphatic heterocycles. The summed E-state index contributed by atoms with van der Waals surface area (Å²) in [5.41, 5.74) is 5.81. The lowest BCUT2D eigenvalue weighted by Crippen LogP contribution is -2.49.